The Balaban J connectivity index is 0.00000121. The molecule has 1 N–H and O–H groups in total. The highest BCUT2D eigenvalue weighted by molar-refractivity contribution is 5.85. The summed E-state index contributed by atoms with van der Waals surface area (Å²) in [5.74, 6) is -0.494. The van der Waals surface area contributed by atoms with Crippen LogP contribution in [-0.2, 0) is 6.42 Å². The molecule has 4 heteroatoms. The maximum atomic E-state index is 14.1. The number of benzene rings is 1. The third-order valence-corrected chi connectivity index (χ3v) is 4.54. The van der Waals surface area contributed by atoms with Crippen molar-refractivity contribution in [3.63, 3.8) is 0 Å². The number of piperidine rings is 1. The fourth-order valence-corrected chi connectivity index (χ4v) is 3.71. The van der Waals surface area contributed by atoms with Gasteiger partial charge in [-0.3, -0.25) is 0 Å². The van der Waals surface area contributed by atoms with Crippen molar-refractivity contribution in [3.05, 3.63) is 35.0 Å². The minimum absolute atomic E-state index is 0. The van der Waals surface area contributed by atoms with Crippen molar-refractivity contribution < 1.29 is 10.2 Å². The number of halogens is 2. The number of rotatable bonds is 0. The lowest BCUT2D eigenvalue weighted by Crippen LogP contribution is -2.33. The van der Waals surface area contributed by atoms with Crippen molar-refractivity contribution in [1.29, 1.82) is 0 Å². The molecule has 1 saturated heterocycles. The van der Waals surface area contributed by atoms with Crippen LogP contribution in [0, 0.1) is 11.6 Å². The predicted octanol–water partition coefficient (Wildman–Crippen LogP) is 3.43. The van der Waals surface area contributed by atoms with E-state index < -0.39 is 11.6 Å². The number of hydrogen-bond donors (Lipinski definition) is 1. The number of hydrogen-bond acceptors (Lipinski definition) is 1. The van der Waals surface area contributed by atoms with Crippen molar-refractivity contribution in [1.82, 2.24) is 9.88 Å². The van der Waals surface area contributed by atoms with Crippen LogP contribution in [0.4, 0.5) is 8.78 Å². The Morgan fingerprint density at radius 2 is 2.16 bits per heavy atom. The molecular weight excluding hydrogens is 246 g/mol. The molecule has 2 bridgehead atoms. The summed E-state index contributed by atoms with van der Waals surface area (Å²) in [6.07, 6.45) is 3.19. The summed E-state index contributed by atoms with van der Waals surface area (Å²) in [6.45, 7) is 3.17. The van der Waals surface area contributed by atoms with E-state index in [9.17, 15) is 8.78 Å². The first-order chi connectivity index (χ1) is 9.22. The zero-order chi connectivity index (χ0) is 13.0. The van der Waals surface area contributed by atoms with Crippen LogP contribution >= 0.6 is 0 Å². The molecule has 0 aliphatic carbocycles. The average Bonchev–Trinajstić information content (AvgIpc) is 2.70. The molecular formula is C15H18F2N2. The van der Waals surface area contributed by atoms with E-state index in [-0.39, 0.29) is 1.43 Å². The van der Waals surface area contributed by atoms with Gasteiger partial charge in [-0.1, -0.05) is 0 Å². The Hall–Kier alpha value is -1.42. The van der Waals surface area contributed by atoms with E-state index in [2.05, 4.69) is 9.88 Å². The summed E-state index contributed by atoms with van der Waals surface area (Å²) in [5, 5.41) is 0.602. The van der Waals surface area contributed by atoms with Crippen LogP contribution in [-0.4, -0.2) is 29.5 Å². The molecule has 0 spiro atoms. The lowest BCUT2D eigenvalue weighted by molar-refractivity contribution is 0.217. The van der Waals surface area contributed by atoms with Crippen LogP contribution in [0.5, 0.6) is 0 Å². The molecule has 4 rings (SSSR count). The van der Waals surface area contributed by atoms with Gasteiger partial charge in [0.1, 0.15) is 11.6 Å². The van der Waals surface area contributed by atoms with Crippen molar-refractivity contribution in [2.45, 2.75) is 25.2 Å². The predicted molar refractivity (Wildman–Crippen MR) is 72.4 cm³/mol. The molecule has 2 aliphatic heterocycles. The summed E-state index contributed by atoms with van der Waals surface area (Å²) >= 11 is 0. The minimum atomic E-state index is -0.508. The molecule has 2 aromatic rings. The second-order valence-electron chi connectivity index (χ2n) is 5.72. The van der Waals surface area contributed by atoms with E-state index in [0.29, 0.717) is 16.8 Å². The second kappa shape index (κ2) is 4.04. The van der Waals surface area contributed by atoms with E-state index in [1.54, 1.807) is 0 Å². The second-order valence-corrected chi connectivity index (χ2v) is 5.72. The largest absolute Gasteiger partial charge is 0.358 e. The maximum Gasteiger partial charge on any atom is 0.135 e. The molecule has 2 aliphatic rings. The first kappa shape index (κ1) is 11.4. The Kier molecular flexibility index (Phi) is 2.42. The van der Waals surface area contributed by atoms with Crippen molar-refractivity contribution in [2.24, 2.45) is 0 Å². The molecule has 1 aromatic heterocycles. The third kappa shape index (κ3) is 1.70. The highest BCUT2D eigenvalue weighted by Crippen LogP contribution is 2.37. The lowest BCUT2D eigenvalue weighted by Gasteiger charge is -2.29. The smallest absolute Gasteiger partial charge is 0.135 e. The fourth-order valence-electron chi connectivity index (χ4n) is 3.71. The van der Waals surface area contributed by atoms with Crippen molar-refractivity contribution >= 4 is 10.9 Å². The Morgan fingerprint density at radius 1 is 1.26 bits per heavy atom. The molecule has 2 unspecified atom stereocenters. The van der Waals surface area contributed by atoms with Gasteiger partial charge in [-0.05, 0) is 37.4 Å². The number of fused-ring (bicyclic) bond motifs is 6. The van der Waals surface area contributed by atoms with Gasteiger partial charge in [0.25, 0.3) is 0 Å². The molecule has 102 valence electrons. The van der Waals surface area contributed by atoms with Crippen molar-refractivity contribution in [2.75, 3.05) is 19.6 Å². The van der Waals surface area contributed by atoms with Gasteiger partial charge in [0.2, 0.25) is 0 Å². The van der Waals surface area contributed by atoms with Gasteiger partial charge < -0.3 is 9.88 Å². The summed E-state index contributed by atoms with van der Waals surface area (Å²) < 4.78 is 27.4. The number of nitrogens with zero attached hydrogens (tertiary/aromatic N) is 1. The van der Waals surface area contributed by atoms with Gasteiger partial charge in [0.15, 0.2) is 0 Å². The Bertz CT molecular complexity index is 653. The van der Waals surface area contributed by atoms with Crippen LogP contribution in [0.2, 0.25) is 0 Å². The van der Waals surface area contributed by atoms with Gasteiger partial charge in [0.05, 0.1) is 5.52 Å². The normalized spacial score (nSPS) is 26.2. The number of aromatic nitrogens is 1. The maximum absolute atomic E-state index is 14.1. The van der Waals surface area contributed by atoms with E-state index >= 15 is 0 Å². The number of aromatic amines is 1. The fraction of sp³-hybridized carbons (Fsp3) is 0.467. The summed E-state index contributed by atoms with van der Waals surface area (Å²) in [4.78, 5) is 5.74. The number of nitrogens with one attached hydrogen (secondary N) is 1. The molecule has 1 aromatic carbocycles. The third-order valence-electron chi connectivity index (χ3n) is 4.54. The minimum Gasteiger partial charge on any atom is -0.358 e. The highest BCUT2D eigenvalue weighted by atomic mass is 19.1. The average molecular weight is 264 g/mol. The van der Waals surface area contributed by atoms with Crippen LogP contribution in [0.15, 0.2) is 12.1 Å². The van der Waals surface area contributed by atoms with Gasteiger partial charge in [0, 0.05) is 37.6 Å². The molecule has 0 saturated carbocycles. The van der Waals surface area contributed by atoms with E-state index in [1.807, 2.05) is 0 Å². The van der Waals surface area contributed by atoms with Crippen LogP contribution in [0.1, 0.15) is 31.4 Å². The van der Waals surface area contributed by atoms with Gasteiger partial charge in [-0.25, -0.2) is 8.78 Å². The standard InChI is InChI=1S/C15H16F2N2.H2/c16-10-6-12(17)14-11-3-5-19-4-1-2-9(8-19)15(11)18-13(14)7-10;/h6-7,9,18H,1-5,8H2;1H. The number of H-pyrrole nitrogens is 1. The first-order valence-electron chi connectivity index (χ1n) is 6.94. The first-order valence-corrected chi connectivity index (χ1v) is 6.94. The zero-order valence-electron chi connectivity index (χ0n) is 10.7. The summed E-state index contributed by atoms with van der Waals surface area (Å²) in [7, 11) is 0. The van der Waals surface area contributed by atoms with Crippen LogP contribution < -0.4 is 0 Å². The van der Waals surface area contributed by atoms with E-state index in [0.717, 1.165) is 49.8 Å². The Morgan fingerprint density at radius 3 is 3.05 bits per heavy atom. The molecule has 19 heavy (non-hydrogen) atoms. The van der Waals surface area contributed by atoms with Gasteiger partial charge in [-0.2, -0.15) is 0 Å². The van der Waals surface area contributed by atoms with Gasteiger partial charge >= 0.3 is 0 Å². The summed E-state index contributed by atoms with van der Waals surface area (Å²) in [6, 6.07) is 2.40. The van der Waals surface area contributed by atoms with Gasteiger partial charge in [-0.15, -0.1) is 0 Å². The van der Waals surface area contributed by atoms with E-state index in [1.165, 1.54) is 12.5 Å². The molecule has 0 radical (unpaired) electrons. The van der Waals surface area contributed by atoms with Crippen molar-refractivity contribution in [3.8, 4) is 0 Å². The quantitative estimate of drug-likeness (QED) is 0.772. The highest BCUT2D eigenvalue weighted by Gasteiger charge is 2.29. The topological polar surface area (TPSA) is 19.0 Å². The zero-order valence-corrected chi connectivity index (χ0v) is 10.7. The molecule has 2 nitrogen and oxygen atoms in total. The molecule has 2 atom stereocenters. The SMILES string of the molecule is Fc1cc(F)c2c3c([nH]c2c1)C1CCCN(CC3)C1.[HH]. The Labute approximate surface area is 111 Å². The van der Waals surface area contributed by atoms with Crippen LogP contribution in [0.25, 0.3) is 10.9 Å². The molecule has 1 fully saturated rings. The lowest BCUT2D eigenvalue weighted by atomic mass is 9.93. The monoisotopic (exact) mass is 264 g/mol. The van der Waals surface area contributed by atoms with E-state index in [4.69, 9.17) is 0 Å². The summed E-state index contributed by atoms with van der Waals surface area (Å²) in [5.41, 5.74) is 2.82. The van der Waals surface area contributed by atoms with Crippen LogP contribution in [0.3, 0.4) is 0 Å². The molecule has 3 heterocycles. The molecule has 0 amide bonds.